The molecule has 0 saturated carbocycles. The van der Waals surface area contributed by atoms with Crippen molar-refractivity contribution in [1.82, 2.24) is 19.4 Å². The lowest BCUT2D eigenvalue weighted by molar-refractivity contribution is -0.137. The molecule has 0 spiro atoms. The van der Waals surface area contributed by atoms with Crippen molar-refractivity contribution in [3.8, 4) is 0 Å². The average molecular weight is 510 g/mol. The highest BCUT2D eigenvalue weighted by Crippen LogP contribution is 2.34. The molecule has 3 heterocycles. The van der Waals surface area contributed by atoms with Crippen LogP contribution in [0.25, 0.3) is 10.9 Å². The molecule has 0 radical (unpaired) electrons. The molecule has 1 atom stereocenters. The van der Waals surface area contributed by atoms with Crippen LogP contribution in [-0.2, 0) is 13.2 Å². The second-order valence-corrected chi connectivity index (χ2v) is 8.98. The van der Waals surface area contributed by atoms with Crippen molar-refractivity contribution in [2.45, 2.75) is 26.1 Å². The summed E-state index contributed by atoms with van der Waals surface area (Å²) in [6.45, 7) is 8.01. The number of halogens is 4. The van der Waals surface area contributed by atoms with Gasteiger partial charge in [-0.1, -0.05) is 6.92 Å². The van der Waals surface area contributed by atoms with Crippen LogP contribution in [0.3, 0.4) is 0 Å². The third-order valence-corrected chi connectivity index (χ3v) is 6.51. The van der Waals surface area contributed by atoms with E-state index in [2.05, 4.69) is 32.0 Å². The standard InChI is InChI=1S/C23H27ClF3N7O/c1-4-33-5-7-34(8-6-33)18-12-17-19(21(35)32(18)3)30-22(24)31-20(17)29-13(2)14-9-15(23(25,26)27)11-16(28)10-14/h9-13H,4-8,28H2,1-3H3,(H,29,30,31)/t13-/m1/s1. The molecule has 3 aromatic rings. The van der Waals surface area contributed by atoms with Crippen LogP contribution in [0.5, 0.6) is 0 Å². The molecule has 1 aliphatic heterocycles. The molecule has 2 aromatic heterocycles. The van der Waals surface area contributed by atoms with Gasteiger partial charge in [0.2, 0.25) is 5.28 Å². The van der Waals surface area contributed by atoms with Crippen molar-refractivity contribution in [3.63, 3.8) is 0 Å². The topological polar surface area (TPSA) is 92.3 Å². The second kappa shape index (κ2) is 9.54. The largest absolute Gasteiger partial charge is 0.416 e. The fourth-order valence-electron chi connectivity index (χ4n) is 4.32. The highest BCUT2D eigenvalue weighted by Gasteiger charge is 2.31. The van der Waals surface area contributed by atoms with Gasteiger partial charge in [-0.25, -0.2) is 9.97 Å². The van der Waals surface area contributed by atoms with Crippen LogP contribution < -0.4 is 21.5 Å². The number of rotatable bonds is 5. The summed E-state index contributed by atoms with van der Waals surface area (Å²) in [7, 11) is 1.68. The van der Waals surface area contributed by atoms with Gasteiger partial charge in [-0.3, -0.25) is 9.36 Å². The first-order valence-corrected chi connectivity index (χ1v) is 11.6. The summed E-state index contributed by atoms with van der Waals surface area (Å²) in [6, 6.07) is 4.60. The zero-order chi connectivity index (χ0) is 25.5. The van der Waals surface area contributed by atoms with Crippen LogP contribution in [0.4, 0.5) is 30.5 Å². The van der Waals surface area contributed by atoms with E-state index in [9.17, 15) is 18.0 Å². The molecular weight excluding hydrogens is 483 g/mol. The van der Waals surface area contributed by atoms with Crippen molar-refractivity contribution >= 4 is 39.8 Å². The minimum Gasteiger partial charge on any atom is -0.399 e. The van der Waals surface area contributed by atoms with E-state index >= 15 is 0 Å². The number of nitrogens with two attached hydrogens (primary N) is 1. The zero-order valence-corrected chi connectivity index (χ0v) is 20.4. The van der Waals surface area contributed by atoms with E-state index in [1.807, 2.05) is 6.07 Å². The number of aromatic nitrogens is 3. The number of alkyl halides is 3. The number of hydrogen-bond donors (Lipinski definition) is 2. The van der Waals surface area contributed by atoms with Crippen molar-refractivity contribution in [2.24, 2.45) is 7.05 Å². The lowest BCUT2D eigenvalue weighted by Crippen LogP contribution is -2.47. The molecule has 4 rings (SSSR count). The van der Waals surface area contributed by atoms with Gasteiger partial charge in [-0.15, -0.1) is 0 Å². The highest BCUT2D eigenvalue weighted by molar-refractivity contribution is 6.28. The van der Waals surface area contributed by atoms with Crippen LogP contribution >= 0.6 is 11.6 Å². The Morgan fingerprint density at radius 2 is 1.83 bits per heavy atom. The van der Waals surface area contributed by atoms with Crippen molar-refractivity contribution < 1.29 is 13.2 Å². The number of nitrogen functional groups attached to an aromatic ring is 1. The lowest BCUT2D eigenvalue weighted by atomic mass is 10.0. The van der Waals surface area contributed by atoms with E-state index < -0.39 is 17.8 Å². The Morgan fingerprint density at radius 3 is 2.46 bits per heavy atom. The van der Waals surface area contributed by atoms with Crippen molar-refractivity contribution in [3.05, 3.63) is 51.0 Å². The van der Waals surface area contributed by atoms with Gasteiger partial charge >= 0.3 is 6.18 Å². The molecule has 8 nitrogen and oxygen atoms in total. The maximum Gasteiger partial charge on any atom is 0.416 e. The Labute approximate surface area is 205 Å². The molecule has 1 aromatic carbocycles. The lowest BCUT2D eigenvalue weighted by Gasteiger charge is -2.36. The first-order valence-electron chi connectivity index (χ1n) is 11.3. The Hall–Kier alpha value is -3.05. The van der Waals surface area contributed by atoms with Gasteiger partial charge < -0.3 is 20.9 Å². The number of likely N-dealkylation sites (N-methyl/N-ethyl adjacent to an activating group) is 1. The Balaban J connectivity index is 1.75. The van der Waals surface area contributed by atoms with Crippen LogP contribution in [0.2, 0.25) is 5.28 Å². The summed E-state index contributed by atoms with van der Waals surface area (Å²) in [6.07, 6.45) is -4.53. The first kappa shape index (κ1) is 25.1. The van der Waals surface area contributed by atoms with Gasteiger partial charge in [0.1, 0.15) is 17.2 Å². The summed E-state index contributed by atoms with van der Waals surface area (Å²) in [5.41, 5.74) is 5.00. The molecule has 35 heavy (non-hydrogen) atoms. The van der Waals surface area contributed by atoms with Gasteiger partial charge in [0.15, 0.2) is 0 Å². The summed E-state index contributed by atoms with van der Waals surface area (Å²) in [5, 5.41) is 3.41. The van der Waals surface area contributed by atoms with Crippen molar-refractivity contribution in [1.29, 1.82) is 0 Å². The van der Waals surface area contributed by atoms with Gasteiger partial charge in [-0.2, -0.15) is 13.2 Å². The summed E-state index contributed by atoms with van der Waals surface area (Å²) in [4.78, 5) is 26.0. The zero-order valence-electron chi connectivity index (χ0n) is 19.7. The molecule has 3 N–H and O–H groups in total. The molecule has 12 heteroatoms. The fourth-order valence-corrected chi connectivity index (χ4v) is 4.48. The number of fused-ring (bicyclic) bond motifs is 1. The maximum atomic E-state index is 13.3. The first-order chi connectivity index (χ1) is 16.5. The monoisotopic (exact) mass is 509 g/mol. The molecule has 0 bridgehead atoms. The summed E-state index contributed by atoms with van der Waals surface area (Å²) >= 11 is 6.11. The van der Waals surface area contributed by atoms with E-state index in [4.69, 9.17) is 17.3 Å². The predicted molar refractivity (Wildman–Crippen MR) is 132 cm³/mol. The van der Waals surface area contributed by atoms with Crippen LogP contribution in [0.1, 0.15) is 31.0 Å². The Morgan fingerprint density at radius 1 is 1.14 bits per heavy atom. The van der Waals surface area contributed by atoms with E-state index in [-0.39, 0.29) is 27.9 Å². The number of benzene rings is 1. The SMILES string of the molecule is CCN1CCN(c2cc3c(N[C@H](C)c4cc(N)cc(C(F)(F)F)c4)nc(Cl)nc3c(=O)n2C)CC1. The van der Waals surface area contributed by atoms with Gasteiger partial charge in [0.05, 0.1) is 17.0 Å². The molecule has 0 unspecified atom stereocenters. The maximum absolute atomic E-state index is 13.3. The molecule has 0 aliphatic carbocycles. The molecular formula is C23H27ClF3N7O. The van der Waals surface area contributed by atoms with E-state index in [0.29, 0.717) is 16.8 Å². The third kappa shape index (κ3) is 5.15. The molecule has 188 valence electrons. The summed E-state index contributed by atoms with van der Waals surface area (Å²) in [5.74, 6) is 0.970. The minimum atomic E-state index is -4.53. The third-order valence-electron chi connectivity index (χ3n) is 6.34. The van der Waals surface area contributed by atoms with Gasteiger partial charge in [0, 0.05) is 38.9 Å². The number of nitrogens with one attached hydrogen (secondary N) is 1. The highest BCUT2D eigenvalue weighted by atomic mass is 35.5. The summed E-state index contributed by atoms with van der Waals surface area (Å²) < 4.78 is 41.4. The fraction of sp³-hybridized carbons (Fsp3) is 0.435. The van der Waals surface area contributed by atoms with Crippen LogP contribution in [-0.4, -0.2) is 52.2 Å². The van der Waals surface area contributed by atoms with E-state index in [1.165, 1.54) is 10.6 Å². The number of piperazine rings is 1. The molecule has 1 saturated heterocycles. The van der Waals surface area contributed by atoms with Crippen LogP contribution in [0.15, 0.2) is 29.1 Å². The smallest absolute Gasteiger partial charge is 0.399 e. The number of pyridine rings is 1. The molecule has 1 fully saturated rings. The Bertz CT molecular complexity index is 1300. The number of anilines is 3. The Kier molecular flexibility index (Phi) is 6.83. The quantitative estimate of drug-likeness (QED) is 0.398. The van der Waals surface area contributed by atoms with E-state index in [0.717, 1.165) is 44.9 Å². The van der Waals surface area contributed by atoms with Gasteiger partial charge in [0.25, 0.3) is 5.56 Å². The number of hydrogen-bond acceptors (Lipinski definition) is 7. The molecule has 0 amide bonds. The second-order valence-electron chi connectivity index (χ2n) is 8.64. The predicted octanol–water partition coefficient (Wildman–Crippen LogP) is 3.90. The van der Waals surface area contributed by atoms with E-state index in [1.54, 1.807) is 14.0 Å². The minimum absolute atomic E-state index is 0.00331. The van der Waals surface area contributed by atoms with Crippen LogP contribution in [0, 0.1) is 0 Å². The normalized spacial score (nSPS) is 16.0. The van der Waals surface area contributed by atoms with Gasteiger partial charge in [-0.05, 0) is 54.9 Å². The average Bonchev–Trinajstić information content (AvgIpc) is 2.81. The molecule has 1 aliphatic rings. The van der Waals surface area contributed by atoms with Crippen molar-refractivity contribution in [2.75, 3.05) is 48.7 Å². The number of nitrogens with zero attached hydrogens (tertiary/aromatic N) is 5.